The molecule has 3 nitrogen and oxygen atoms in total. The molecule has 0 N–H and O–H groups in total. The predicted molar refractivity (Wildman–Crippen MR) is 74.9 cm³/mol. The quantitative estimate of drug-likeness (QED) is 0.503. The van der Waals surface area contributed by atoms with E-state index in [9.17, 15) is 10.1 Å². The SMILES string of the molecule is O=[N+]([O-])c1ccc(-c2[c]c3ccccc3cc2)cc1. The number of nitro groups is 1. The number of nitrogens with zero attached hydrogens (tertiary/aromatic N) is 1. The molecule has 0 heterocycles. The van der Waals surface area contributed by atoms with Crippen LogP contribution in [0.5, 0.6) is 0 Å². The average molecular weight is 248 g/mol. The van der Waals surface area contributed by atoms with E-state index in [0.29, 0.717) is 0 Å². The molecule has 0 unspecified atom stereocenters. The monoisotopic (exact) mass is 248 g/mol. The number of non-ortho nitro benzene ring substituents is 1. The zero-order valence-electron chi connectivity index (χ0n) is 10.0. The highest BCUT2D eigenvalue weighted by Crippen LogP contribution is 2.25. The van der Waals surface area contributed by atoms with E-state index < -0.39 is 4.92 Å². The van der Waals surface area contributed by atoms with Gasteiger partial charge in [0, 0.05) is 12.1 Å². The van der Waals surface area contributed by atoms with Gasteiger partial charge in [-0.3, -0.25) is 10.1 Å². The fourth-order valence-electron chi connectivity index (χ4n) is 2.05. The number of hydrogen-bond donors (Lipinski definition) is 0. The van der Waals surface area contributed by atoms with Crippen LogP contribution in [0.15, 0.2) is 60.7 Å². The molecule has 19 heavy (non-hydrogen) atoms. The molecular formula is C16H10NO2. The third-order valence-corrected chi connectivity index (χ3v) is 3.05. The summed E-state index contributed by atoms with van der Waals surface area (Å²) in [5.41, 5.74) is 1.97. The molecule has 0 saturated carbocycles. The van der Waals surface area contributed by atoms with E-state index >= 15 is 0 Å². The van der Waals surface area contributed by atoms with Crippen LogP contribution in [-0.4, -0.2) is 4.92 Å². The molecule has 91 valence electrons. The van der Waals surface area contributed by atoms with Crippen molar-refractivity contribution in [2.75, 3.05) is 0 Å². The second-order valence-corrected chi connectivity index (χ2v) is 4.26. The Kier molecular flexibility index (Phi) is 2.72. The number of benzene rings is 3. The summed E-state index contributed by atoms with van der Waals surface area (Å²) in [6.07, 6.45) is 0. The topological polar surface area (TPSA) is 43.1 Å². The van der Waals surface area contributed by atoms with Crippen LogP contribution >= 0.6 is 0 Å². The summed E-state index contributed by atoms with van der Waals surface area (Å²) in [6.45, 7) is 0. The van der Waals surface area contributed by atoms with E-state index in [1.165, 1.54) is 12.1 Å². The van der Waals surface area contributed by atoms with Gasteiger partial charge in [-0.05, 0) is 40.1 Å². The summed E-state index contributed by atoms with van der Waals surface area (Å²) >= 11 is 0. The van der Waals surface area contributed by atoms with Crippen molar-refractivity contribution in [1.29, 1.82) is 0 Å². The van der Waals surface area contributed by atoms with Gasteiger partial charge >= 0.3 is 0 Å². The second-order valence-electron chi connectivity index (χ2n) is 4.26. The lowest BCUT2D eigenvalue weighted by Crippen LogP contribution is -1.87. The van der Waals surface area contributed by atoms with Crippen molar-refractivity contribution in [2.24, 2.45) is 0 Å². The molecule has 0 amide bonds. The maximum atomic E-state index is 10.6. The molecule has 0 atom stereocenters. The maximum Gasteiger partial charge on any atom is 0.269 e. The molecule has 0 saturated heterocycles. The lowest BCUT2D eigenvalue weighted by Gasteiger charge is -2.03. The number of rotatable bonds is 2. The zero-order chi connectivity index (χ0) is 13.2. The van der Waals surface area contributed by atoms with Gasteiger partial charge in [0.1, 0.15) is 0 Å². The molecule has 3 aromatic carbocycles. The first-order valence-corrected chi connectivity index (χ1v) is 5.90. The summed E-state index contributed by atoms with van der Waals surface area (Å²) < 4.78 is 0. The van der Waals surface area contributed by atoms with Crippen molar-refractivity contribution in [1.82, 2.24) is 0 Å². The van der Waals surface area contributed by atoms with E-state index in [1.807, 2.05) is 36.4 Å². The van der Waals surface area contributed by atoms with Crippen LogP contribution in [0.2, 0.25) is 0 Å². The predicted octanol–water partition coefficient (Wildman–Crippen LogP) is 4.22. The average Bonchev–Trinajstić information content (AvgIpc) is 2.47. The summed E-state index contributed by atoms with van der Waals surface area (Å²) in [4.78, 5) is 10.2. The number of nitro benzene ring substituents is 1. The van der Waals surface area contributed by atoms with Gasteiger partial charge in [0.2, 0.25) is 0 Å². The molecule has 0 fully saturated rings. The van der Waals surface area contributed by atoms with E-state index in [2.05, 4.69) is 6.07 Å². The standard InChI is InChI=1S/C16H10NO2/c18-17(19)16-9-7-13(8-10-16)15-6-5-12-3-1-2-4-14(12)11-15/h1-10H. The van der Waals surface area contributed by atoms with Crippen LogP contribution < -0.4 is 0 Å². The first kappa shape index (κ1) is 11.4. The summed E-state index contributed by atoms with van der Waals surface area (Å²) in [6, 6.07) is 21.8. The van der Waals surface area contributed by atoms with E-state index in [4.69, 9.17) is 0 Å². The summed E-state index contributed by atoms with van der Waals surface area (Å²) in [5.74, 6) is 0. The molecule has 0 aliphatic heterocycles. The zero-order valence-corrected chi connectivity index (χ0v) is 10.0. The van der Waals surface area contributed by atoms with Gasteiger partial charge in [-0.15, -0.1) is 0 Å². The van der Waals surface area contributed by atoms with Crippen molar-refractivity contribution in [3.63, 3.8) is 0 Å². The Morgan fingerprint density at radius 1 is 0.895 bits per heavy atom. The van der Waals surface area contributed by atoms with Crippen LogP contribution in [0.1, 0.15) is 0 Å². The third kappa shape index (κ3) is 2.18. The molecule has 1 radical (unpaired) electrons. The molecule has 3 aromatic rings. The summed E-state index contributed by atoms with van der Waals surface area (Å²) in [5, 5.41) is 12.8. The molecule has 0 aliphatic rings. The fourth-order valence-corrected chi connectivity index (χ4v) is 2.05. The molecule has 0 aromatic heterocycles. The van der Waals surface area contributed by atoms with Crippen molar-refractivity contribution >= 4 is 16.5 Å². The highest BCUT2D eigenvalue weighted by molar-refractivity contribution is 5.86. The highest BCUT2D eigenvalue weighted by Gasteiger charge is 2.05. The van der Waals surface area contributed by atoms with Crippen LogP contribution in [0, 0.1) is 16.2 Å². The Labute approximate surface area is 110 Å². The summed E-state index contributed by atoms with van der Waals surface area (Å²) in [7, 11) is 0. The minimum atomic E-state index is -0.395. The molecule has 0 bridgehead atoms. The Morgan fingerprint density at radius 2 is 1.63 bits per heavy atom. The van der Waals surface area contributed by atoms with Gasteiger partial charge in [-0.1, -0.05) is 36.4 Å². The molecule has 3 heteroatoms. The Hall–Kier alpha value is -2.68. The van der Waals surface area contributed by atoms with Crippen molar-refractivity contribution in [3.8, 4) is 11.1 Å². The van der Waals surface area contributed by atoms with E-state index in [-0.39, 0.29) is 5.69 Å². The first-order chi connectivity index (χ1) is 9.24. The maximum absolute atomic E-state index is 10.6. The third-order valence-electron chi connectivity index (χ3n) is 3.05. The van der Waals surface area contributed by atoms with Crippen molar-refractivity contribution in [2.45, 2.75) is 0 Å². The minimum Gasteiger partial charge on any atom is -0.258 e. The van der Waals surface area contributed by atoms with E-state index in [0.717, 1.165) is 21.9 Å². The normalized spacial score (nSPS) is 10.5. The van der Waals surface area contributed by atoms with Crippen molar-refractivity contribution < 1.29 is 4.92 Å². The minimum absolute atomic E-state index is 0.101. The molecule has 3 rings (SSSR count). The van der Waals surface area contributed by atoms with Gasteiger partial charge in [-0.25, -0.2) is 0 Å². The Bertz CT molecular complexity index is 748. The molecule has 0 spiro atoms. The largest absolute Gasteiger partial charge is 0.269 e. The van der Waals surface area contributed by atoms with Crippen LogP contribution in [0.25, 0.3) is 21.9 Å². The van der Waals surface area contributed by atoms with Crippen LogP contribution in [0.4, 0.5) is 5.69 Å². The number of hydrogen-bond acceptors (Lipinski definition) is 2. The molecular weight excluding hydrogens is 238 g/mol. The number of fused-ring (bicyclic) bond motifs is 1. The van der Waals surface area contributed by atoms with Gasteiger partial charge in [0.15, 0.2) is 0 Å². The van der Waals surface area contributed by atoms with Crippen LogP contribution in [-0.2, 0) is 0 Å². The highest BCUT2D eigenvalue weighted by atomic mass is 16.6. The first-order valence-electron chi connectivity index (χ1n) is 5.90. The fraction of sp³-hybridized carbons (Fsp3) is 0. The van der Waals surface area contributed by atoms with Gasteiger partial charge < -0.3 is 0 Å². The van der Waals surface area contributed by atoms with Gasteiger partial charge in [0.25, 0.3) is 5.69 Å². The van der Waals surface area contributed by atoms with E-state index in [1.54, 1.807) is 12.1 Å². The van der Waals surface area contributed by atoms with Gasteiger partial charge in [0.05, 0.1) is 4.92 Å². The second kappa shape index (κ2) is 4.53. The Morgan fingerprint density at radius 3 is 2.37 bits per heavy atom. The Balaban J connectivity index is 2.06. The molecule has 0 aliphatic carbocycles. The lowest BCUT2D eigenvalue weighted by molar-refractivity contribution is -0.384. The lowest BCUT2D eigenvalue weighted by atomic mass is 10.0. The van der Waals surface area contributed by atoms with Gasteiger partial charge in [-0.2, -0.15) is 0 Å². The smallest absolute Gasteiger partial charge is 0.258 e. The van der Waals surface area contributed by atoms with Crippen molar-refractivity contribution in [3.05, 3.63) is 76.8 Å². The van der Waals surface area contributed by atoms with Crippen LogP contribution in [0.3, 0.4) is 0 Å².